The molecule has 1 amide bonds. The van der Waals surface area contributed by atoms with E-state index in [1.165, 1.54) is 0 Å². The van der Waals surface area contributed by atoms with E-state index in [0.29, 0.717) is 6.61 Å². The molecule has 0 aromatic rings. The van der Waals surface area contributed by atoms with Crippen molar-refractivity contribution in [3.05, 3.63) is 0 Å². The lowest BCUT2D eigenvalue weighted by Crippen LogP contribution is -2.36. The summed E-state index contributed by atoms with van der Waals surface area (Å²) in [6.07, 6.45) is 0.165. The highest BCUT2D eigenvalue weighted by Gasteiger charge is 2.05. The summed E-state index contributed by atoms with van der Waals surface area (Å²) in [6.45, 7) is 1.40. The van der Waals surface area contributed by atoms with E-state index < -0.39 is 6.09 Å². The predicted molar refractivity (Wildman–Crippen MR) is 43.1 cm³/mol. The van der Waals surface area contributed by atoms with Gasteiger partial charge in [-0.3, -0.25) is 0 Å². The van der Waals surface area contributed by atoms with Gasteiger partial charge in [0.05, 0.1) is 34.3 Å². The van der Waals surface area contributed by atoms with Gasteiger partial charge < -0.3 is 15.0 Å². The lowest BCUT2D eigenvalue weighted by molar-refractivity contribution is -0.870. The molecule has 11 heavy (non-hydrogen) atoms. The Morgan fingerprint density at radius 1 is 1.45 bits per heavy atom. The fourth-order valence-corrected chi connectivity index (χ4v) is 0.712. The van der Waals surface area contributed by atoms with Crippen LogP contribution in [-0.2, 0) is 4.74 Å². The lowest BCUT2D eigenvalue weighted by atomic mass is 10.4. The Kier molecular flexibility index (Phi) is 3.89. The van der Waals surface area contributed by atoms with Crippen LogP contribution in [0.15, 0.2) is 0 Å². The molecule has 0 aromatic carbocycles. The minimum atomic E-state index is -0.689. The largest absolute Gasteiger partial charge is 0.449 e. The highest BCUT2D eigenvalue weighted by Crippen LogP contribution is 1.93. The van der Waals surface area contributed by atoms with Crippen molar-refractivity contribution in [2.24, 2.45) is 5.73 Å². The summed E-state index contributed by atoms with van der Waals surface area (Å²) >= 11 is 0. The molecule has 0 saturated heterocycles. The predicted octanol–water partition coefficient (Wildman–Crippen LogP) is 0.178. The molecule has 4 nitrogen and oxygen atoms in total. The van der Waals surface area contributed by atoms with Gasteiger partial charge in [-0.05, 0) is 0 Å². The van der Waals surface area contributed by atoms with Gasteiger partial charge in [-0.25, -0.2) is 4.79 Å². The molecule has 0 aliphatic heterocycles. The average molecular weight is 161 g/mol. The summed E-state index contributed by atoms with van der Waals surface area (Å²) in [6, 6.07) is 0. The van der Waals surface area contributed by atoms with Crippen molar-refractivity contribution >= 4 is 6.09 Å². The van der Waals surface area contributed by atoms with Crippen molar-refractivity contribution in [1.82, 2.24) is 0 Å². The van der Waals surface area contributed by atoms with Gasteiger partial charge in [-0.15, -0.1) is 0 Å². The van der Waals surface area contributed by atoms with Crippen LogP contribution in [0.1, 0.15) is 6.42 Å². The van der Waals surface area contributed by atoms with E-state index in [4.69, 9.17) is 5.73 Å². The van der Waals surface area contributed by atoms with E-state index in [2.05, 4.69) is 25.9 Å². The number of nitrogens with zero attached hydrogens (tertiary/aromatic N) is 1. The second kappa shape index (κ2) is 4.18. The maximum Gasteiger partial charge on any atom is 0.404 e. The summed E-state index contributed by atoms with van der Waals surface area (Å²) < 4.78 is 5.44. The van der Waals surface area contributed by atoms with E-state index in [-0.39, 0.29) is 0 Å². The number of carbonyl (C=O) groups is 1. The van der Waals surface area contributed by atoms with E-state index in [9.17, 15) is 4.79 Å². The Balaban J connectivity index is 3.22. The summed E-state index contributed by atoms with van der Waals surface area (Å²) in [4.78, 5) is 10.1. The number of amides is 1. The van der Waals surface area contributed by atoms with Gasteiger partial charge in [-0.1, -0.05) is 0 Å². The minimum Gasteiger partial charge on any atom is -0.449 e. The first-order valence-electron chi connectivity index (χ1n) is 3.64. The molecule has 0 bridgehead atoms. The Morgan fingerprint density at radius 2 is 2.00 bits per heavy atom. The normalized spacial score (nSPS) is 11.2. The number of ether oxygens (including phenoxy) is 1. The third-order valence-corrected chi connectivity index (χ3v) is 1.22. The van der Waals surface area contributed by atoms with Crippen LogP contribution in [0, 0.1) is 0 Å². The molecule has 0 spiro atoms. The van der Waals surface area contributed by atoms with Crippen LogP contribution in [0.3, 0.4) is 0 Å². The molecule has 0 aliphatic carbocycles. The molecule has 2 N–H and O–H groups in total. The van der Waals surface area contributed by atoms with Gasteiger partial charge in [0.25, 0.3) is 0 Å². The molecule has 0 aromatic heterocycles. The SMILES string of the molecule is C[N+](C)(C)CCCOC(N)=O. The van der Waals surface area contributed by atoms with Crippen molar-refractivity contribution in [2.75, 3.05) is 34.3 Å². The molecular weight excluding hydrogens is 144 g/mol. The standard InChI is InChI=1S/C7H16N2O2/c1-9(2,3)5-4-6-11-7(8)10/h4-6H2,1-3H3,(H-,8,10)/p+1. The number of rotatable bonds is 4. The van der Waals surface area contributed by atoms with Crippen molar-refractivity contribution in [1.29, 1.82) is 0 Å². The Morgan fingerprint density at radius 3 is 2.36 bits per heavy atom. The molecule has 0 saturated carbocycles. The summed E-state index contributed by atoms with van der Waals surface area (Å²) in [7, 11) is 6.26. The van der Waals surface area contributed by atoms with Gasteiger partial charge >= 0.3 is 6.09 Å². The van der Waals surface area contributed by atoms with Gasteiger partial charge in [0.15, 0.2) is 0 Å². The van der Waals surface area contributed by atoms with Crippen molar-refractivity contribution in [3.63, 3.8) is 0 Å². The van der Waals surface area contributed by atoms with Crippen molar-refractivity contribution < 1.29 is 14.0 Å². The smallest absolute Gasteiger partial charge is 0.404 e. The zero-order valence-electron chi connectivity index (χ0n) is 7.46. The Hall–Kier alpha value is -0.770. The van der Waals surface area contributed by atoms with E-state index in [1.807, 2.05) is 0 Å². The first-order valence-corrected chi connectivity index (χ1v) is 3.64. The van der Waals surface area contributed by atoms with Crippen LogP contribution in [0.25, 0.3) is 0 Å². The van der Waals surface area contributed by atoms with Crippen LogP contribution in [0.2, 0.25) is 0 Å². The van der Waals surface area contributed by atoms with Gasteiger partial charge in [0.2, 0.25) is 0 Å². The van der Waals surface area contributed by atoms with Gasteiger partial charge in [-0.2, -0.15) is 0 Å². The fourth-order valence-electron chi connectivity index (χ4n) is 0.712. The first kappa shape index (κ1) is 10.2. The van der Waals surface area contributed by atoms with Crippen LogP contribution in [0.5, 0.6) is 0 Å². The third kappa shape index (κ3) is 9.23. The molecule has 0 heterocycles. The third-order valence-electron chi connectivity index (χ3n) is 1.22. The minimum absolute atomic E-state index is 0.421. The molecule has 66 valence electrons. The van der Waals surface area contributed by atoms with E-state index in [1.54, 1.807) is 0 Å². The van der Waals surface area contributed by atoms with E-state index >= 15 is 0 Å². The number of primary amides is 1. The van der Waals surface area contributed by atoms with Crippen molar-refractivity contribution in [2.45, 2.75) is 6.42 Å². The summed E-state index contributed by atoms with van der Waals surface area (Å²) in [5.41, 5.74) is 4.78. The summed E-state index contributed by atoms with van der Waals surface area (Å²) in [5.74, 6) is 0. The summed E-state index contributed by atoms with van der Waals surface area (Å²) in [5, 5.41) is 0. The molecular formula is C7H17N2O2+. The monoisotopic (exact) mass is 161 g/mol. The number of quaternary nitrogens is 1. The molecule has 0 aliphatic rings. The molecule has 0 atom stereocenters. The quantitative estimate of drug-likeness (QED) is 0.472. The molecule has 0 fully saturated rings. The molecule has 0 rings (SSSR count). The van der Waals surface area contributed by atoms with Crippen LogP contribution < -0.4 is 5.73 Å². The topological polar surface area (TPSA) is 52.3 Å². The van der Waals surface area contributed by atoms with Crippen LogP contribution >= 0.6 is 0 Å². The second-order valence-corrected chi connectivity index (χ2v) is 3.53. The van der Waals surface area contributed by atoms with Crippen LogP contribution in [0.4, 0.5) is 4.79 Å². The van der Waals surface area contributed by atoms with Crippen LogP contribution in [-0.4, -0.2) is 44.9 Å². The maximum atomic E-state index is 10.1. The molecule has 4 heteroatoms. The van der Waals surface area contributed by atoms with E-state index in [0.717, 1.165) is 17.4 Å². The highest BCUT2D eigenvalue weighted by atomic mass is 16.5. The zero-order valence-corrected chi connectivity index (χ0v) is 7.46. The van der Waals surface area contributed by atoms with Gasteiger partial charge in [0.1, 0.15) is 0 Å². The number of carbonyl (C=O) groups excluding carboxylic acids is 1. The Labute approximate surface area is 67.5 Å². The first-order chi connectivity index (χ1) is 4.92. The maximum absolute atomic E-state index is 10.1. The molecule has 0 unspecified atom stereocenters. The van der Waals surface area contributed by atoms with Crippen molar-refractivity contribution in [3.8, 4) is 0 Å². The number of nitrogens with two attached hydrogens (primary N) is 1. The lowest BCUT2D eigenvalue weighted by Gasteiger charge is -2.23. The average Bonchev–Trinajstić information content (AvgIpc) is 1.78. The Bertz CT molecular complexity index is 129. The number of hydrogen-bond acceptors (Lipinski definition) is 2. The second-order valence-electron chi connectivity index (χ2n) is 3.53. The fraction of sp³-hybridized carbons (Fsp3) is 0.857. The highest BCUT2D eigenvalue weighted by molar-refractivity contribution is 5.64. The molecule has 0 radical (unpaired) electrons. The number of hydrogen-bond donors (Lipinski definition) is 1. The van der Waals surface area contributed by atoms with Gasteiger partial charge in [0, 0.05) is 6.42 Å². The zero-order chi connectivity index (χ0) is 8.91.